The lowest BCUT2D eigenvalue weighted by molar-refractivity contribution is 1.17. The maximum atomic E-state index is 4.65. The first-order valence-electron chi connectivity index (χ1n) is 14.6. The van der Waals surface area contributed by atoms with Crippen molar-refractivity contribution in [3.05, 3.63) is 145 Å². The van der Waals surface area contributed by atoms with Crippen molar-refractivity contribution in [3.8, 4) is 28.1 Å². The van der Waals surface area contributed by atoms with E-state index in [-0.39, 0.29) is 0 Å². The van der Waals surface area contributed by atoms with Crippen molar-refractivity contribution in [1.29, 1.82) is 0 Å². The van der Waals surface area contributed by atoms with Crippen LogP contribution < -0.4 is 4.90 Å². The zero-order valence-corrected chi connectivity index (χ0v) is 23.6. The number of para-hydroxylation sites is 1. The molecule has 8 aromatic rings. The lowest BCUT2D eigenvalue weighted by Gasteiger charge is -2.34. The van der Waals surface area contributed by atoms with Crippen molar-refractivity contribution in [3.63, 3.8) is 0 Å². The third-order valence-electron chi connectivity index (χ3n) is 8.76. The van der Waals surface area contributed by atoms with Gasteiger partial charge in [-0.25, -0.2) is 0 Å². The van der Waals surface area contributed by atoms with E-state index in [0.717, 1.165) is 33.8 Å². The minimum Gasteiger partial charge on any atom is -0.309 e. The second kappa shape index (κ2) is 9.13. The van der Waals surface area contributed by atoms with Gasteiger partial charge in [0.25, 0.3) is 0 Å². The number of hydrogen-bond donors (Lipinski definition) is 0. The Kier molecular flexibility index (Phi) is 5.08. The minimum absolute atomic E-state index is 0.972. The van der Waals surface area contributed by atoms with E-state index in [1.54, 1.807) is 0 Å². The number of benzene rings is 5. The molecule has 5 aromatic carbocycles. The van der Waals surface area contributed by atoms with Crippen LogP contribution in [0.5, 0.6) is 0 Å². The van der Waals surface area contributed by atoms with Crippen LogP contribution in [-0.2, 0) is 0 Å². The predicted octanol–water partition coefficient (Wildman–Crippen LogP) is 10.2. The van der Waals surface area contributed by atoms with E-state index >= 15 is 0 Å². The fourth-order valence-corrected chi connectivity index (χ4v) is 6.81. The smallest absolute Gasteiger partial charge is 0.0702 e. The number of rotatable bonds is 3. The van der Waals surface area contributed by atoms with Gasteiger partial charge in [0.2, 0.25) is 0 Å². The van der Waals surface area contributed by atoms with Crippen LogP contribution in [-0.4, -0.2) is 14.5 Å². The lowest BCUT2D eigenvalue weighted by atomic mass is 9.89. The first kappa shape index (κ1) is 23.9. The van der Waals surface area contributed by atoms with Gasteiger partial charge < -0.3 is 9.47 Å². The highest BCUT2D eigenvalue weighted by atomic mass is 15.2. The summed E-state index contributed by atoms with van der Waals surface area (Å²) >= 11 is 0. The number of nitrogens with zero attached hydrogens (tertiary/aromatic N) is 4. The number of anilines is 3. The van der Waals surface area contributed by atoms with Crippen LogP contribution in [0.15, 0.2) is 140 Å². The molecule has 0 atom stereocenters. The second-order valence-corrected chi connectivity index (χ2v) is 11.2. The molecule has 0 aliphatic carbocycles. The Hall–Kier alpha value is -5.74. The molecule has 4 heterocycles. The Balaban J connectivity index is 1.44. The molecule has 0 spiro atoms. The summed E-state index contributed by atoms with van der Waals surface area (Å²) in [6.45, 7) is 2.16. The fourth-order valence-electron chi connectivity index (χ4n) is 6.81. The summed E-state index contributed by atoms with van der Waals surface area (Å²) in [6.07, 6.45) is 5.71. The van der Waals surface area contributed by atoms with Gasteiger partial charge in [-0.05, 0) is 84.1 Å². The number of aromatic nitrogens is 3. The summed E-state index contributed by atoms with van der Waals surface area (Å²) < 4.78 is 2.39. The molecule has 1 aliphatic rings. The molecule has 0 N–H and O–H groups in total. The van der Waals surface area contributed by atoms with E-state index < -0.39 is 0 Å². The van der Waals surface area contributed by atoms with E-state index in [1.807, 2.05) is 30.7 Å². The maximum Gasteiger partial charge on any atom is 0.0702 e. The first-order valence-corrected chi connectivity index (χ1v) is 14.6. The molecular formula is C39H26N4. The SMILES string of the molecule is Cc1ccncc1N1c2cc3c(cc2-c2cccc4cccc1c24)c1cc(-c2ccccn2)ccc1n3-c1ccccc1. The summed E-state index contributed by atoms with van der Waals surface area (Å²) in [5, 5.41) is 4.92. The topological polar surface area (TPSA) is 34.0 Å². The van der Waals surface area contributed by atoms with Crippen molar-refractivity contribution in [2.45, 2.75) is 6.92 Å². The van der Waals surface area contributed by atoms with Gasteiger partial charge in [0, 0.05) is 45.4 Å². The largest absolute Gasteiger partial charge is 0.309 e. The highest BCUT2D eigenvalue weighted by Gasteiger charge is 2.29. The van der Waals surface area contributed by atoms with Crippen LogP contribution in [0.1, 0.15) is 5.56 Å². The molecule has 0 fully saturated rings. The zero-order valence-electron chi connectivity index (χ0n) is 23.6. The summed E-state index contributed by atoms with van der Waals surface area (Å²) in [5.41, 5.74) is 12.6. The van der Waals surface area contributed by atoms with Crippen molar-refractivity contribution in [1.82, 2.24) is 14.5 Å². The summed E-state index contributed by atoms with van der Waals surface area (Å²) in [7, 11) is 0. The first-order chi connectivity index (χ1) is 21.3. The van der Waals surface area contributed by atoms with E-state index in [9.17, 15) is 0 Å². The molecule has 0 bridgehead atoms. The van der Waals surface area contributed by atoms with Gasteiger partial charge in [-0.15, -0.1) is 0 Å². The van der Waals surface area contributed by atoms with Gasteiger partial charge >= 0.3 is 0 Å². The van der Waals surface area contributed by atoms with Crippen molar-refractivity contribution >= 4 is 49.6 Å². The van der Waals surface area contributed by atoms with Gasteiger partial charge in [0.1, 0.15) is 0 Å². The molecule has 43 heavy (non-hydrogen) atoms. The molecule has 3 aromatic heterocycles. The normalized spacial score (nSPS) is 12.3. The Morgan fingerprint density at radius 3 is 2.26 bits per heavy atom. The molecule has 0 saturated heterocycles. The fraction of sp³-hybridized carbons (Fsp3) is 0.0256. The highest BCUT2D eigenvalue weighted by Crippen LogP contribution is 2.53. The summed E-state index contributed by atoms with van der Waals surface area (Å²) in [5.74, 6) is 0. The van der Waals surface area contributed by atoms with Crippen molar-refractivity contribution < 1.29 is 0 Å². The summed E-state index contributed by atoms with van der Waals surface area (Å²) in [4.78, 5) is 11.6. The molecule has 0 unspecified atom stereocenters. The monoisotopic (exact) mass is 550 g/mol. The van der Waals surface area contributed by atoms with Gasteiger partial charge in [-0.2, -0.15) is 0 Å². The molecule has 0 saturated carbocycles. The van der Waals surface area contributed by atoms with Gasteiger partial charge in [0.15, 0.2) is 0 Å². The highest BCUT2D eigenvalue weighted by molar-refractivity contribution is 6.19. The molecule has 4 nitrogen and oxygen atoms in total. The van der Waals surface area contributed by atoms with Gasteiger partial charge in [-0.1, -0.05) is 60.7 Å². The average Bonchev–Trinajstić information content (AvgIpc) is 3.38. The van der Waals surface area contributed by atoms with E-state index in [1.165, 1.54) is 49.4 Å². The average molecular weight is 551 g/mol. The van der Waals surface area contributed by atoms with Crippen LogP contribution in [0, 0.1) is 6.92 Å². The molecule has 9 rings (SSSR count). The van der Waals surface area contributed by atoms with Crippen LogP contribution in [0.3, 0.4) is 0 Å². The lowest BCUT2D eigenvalue weighted by Crippen LogP contribution is -2.16. The van der Waals surface area contributed by atoms with Crippen LogP contribution in [0.4, 0.5) is 17.1 Å². The Bertz CT molecular complexity index is 2350. The van der Waals surface area contributed by atoms with Crippen LogP contribution in [0.25, 0.3) is 60.6 Å². The Labute approximate surface area is 249 Å². The molecule has 0 amide bonds. The minimum atomic E-state index is 0.972. The Morgan fingerprint density at radius 1 is 0.581 bits per heavy atom. The van der Waals surface area contributed by atoms with E-state index in [0.29, 0.717) is 0 Å². The molecule has 4 heteroatoms. The van der Waals surface area contributed by atoms with Crippen LogP contribution in [0.2, 0.25) is 0 Å². The Morgan fingerprint density at radius 2 is 1.42 bits per heavy atom. The van der Waals surface area contributed by atoms with Crippen molar-refractivity contribution in [2.24, 2.45) is 0 Å². The number of pyridine rings is 2. The third kappa shape index (κ3) is 3.50. The molecule has 1 aliphatic heterocycles. The number of aryl methyl sites for hydroxylation is 1. The number of hydrogen-bond acceptors (Lipinski definition) is 3. The second-order valence-electron chi connectivity index (χ2n) is 11.2. The zero-order chi connectivity index (χ0) is 28.5. The van der Waals surface area contributed by atoms with E-state index in [4.69, 9.17) is 0 Å². The molecule has 0 radical (unpaired) electrons. The molecule has 202 valence electrons. The molecular weight excluding hydrogens is 524 g/mol. The number of fused-ring (bicyclic) bond motifs is 5. The standard InChI is InChI=1S/C39H26N4/c1-25-18-20-40-24-38(25)43-35-15-8-10-26-9-7-13-29(39(26)35)31-22-32-30-21-27(33-14-5-6-19-41-33)16-17-34(30)42(36(32)23-37(31)43)28-11-3-2-4-12-28/h2-24H,1H3. The third-order valence-corrected chi connectivity index (χ3v) is 8.76. The quantitative estimate of drug-likeness (QED) is 0.219. The van der Waals surface area contributed by atoms with Gasteiger partial charge in [0.05, 0.1) is 40.0 Å². The maximum absolute atomic E-state index is 4.65. The van der Waals surface area contributed by atoms with Gasteiger partial charge in [-0.3, -0.25) is 9.97 Å². The van der Waals surface area contributed by atoms with E-state index in [2.05, 4.69) is 136 Å². The van der Waals surface area contributed by atoms with Crippen LogP contribution >= 0.6 is 0 Å². The summed E-state index contributed by atoms with van der Waals surface area (Å²) in [6, 6.07) is 43.6. The van der Waals surface area contributed by atoms with Crippen molar-refractivity contribution in [2.75, 3.05) is 4.90 Å². The predicted molar refractivity (Wildman–Crippen MR) is 178 cm³/mol.